The topological polar surface area (TPSA) is 91.1 Å². The molecule has 0 saturated carbocycles. The van der Waals surface area contributed by atoms with E-state index in [0.717, 1.165) is 0 Å². The van der Waals surface area contributed by atoms with Gasteiger partial charge in [-0.1, -0.05) is 17.2 Å². The summed E-state index contributed by atoms with van der Waals surface area (Å²) in [7, 11) is 0. The van der Waals surface area contributed by atoms with Crippen molar-refractivity contribution in [3.63, 3.8) is 0 Å². The van der Waals surface area contributed by atoms with Gasteiger partial charge in [-0.3, -0.25) is 0 Å². The monoisotopic (exact) mass is 205 g/mol. The van der Waals surface area contributed by atoms with E-state index in [1.54, 1.807) is 12.1 Å². The first-order valence-corrected chi connectivity index (χ1v) is 4.21. The minimum absolute atomic E-state index is 0.194. The zero-order valence-corrected chi connectivity index (χ0v) is 7.54. The second-order valence-electron chi connectivity index (χ2n) is 2.99. The van der Waals surface area contributed by atoms with Crippen LogP contribution in [-0.4, -0.2) is 17.1 Å². The van der Waals surface area contributed by atoms with E-state index in [1.807, 2.05) is 0 Å². The van der Waals surface area contributed by atoms with Crippen LogP contribution < -0.4 is 5.32 Å². The number of carbonyl (C=O) groups is 2. The average Bonchev–Trinajstić information content (AvgIpc) is 2.65. The highest BCUT2D eigenvalue weighted by atomic mass is 16.4. The van der Waals surface area contributed by atoms with Crippen molar-refractivity contribution in [3.05, 3.63) is 35.4 Å². The molecule has 6 nitrogen and oxygen atoms in total. The predicted octanol–water partition coefficient (Wildman–Crippen LogP) is 1.56. The molecule has 76 valence electrons. The quantitative estimate of drug-likeness (QED) is 0.767. The van der Waals surface area contributed by atoms with Crippen LogP contribution in [0, 0.1) is 0 Å². The van der Waals surface area contributed by atoms with Gasteiger partial charge in [0.05, 0.1) is 5.56 Å². The maximum absolute atomic E-state index is 10.7. The summed E-state index contributed by atoms with van der Waals surface area (Å²) in [5, 5.41) is 18.2. The number of urea groups is 1. The van der Waals surface area contributed by atoms with Gasteiger partial charge in [-0.25, -0.2) is 9.59 Å². The molecular weight excluding hydrogens is 198 g/mol. The zero-order valence-electron chi connectivity index (χ0n) is 7.54. The van der Waals surface area contributed by atoms with E-state index in [4.69, 9.17) is 5.11 Å². The Morgan fingerprint density at radius 3 is 2.47 bits per heavy atom. The minimum atomic E-state index is -0.987. The molecule has 0 radical (unpaired) electrons. The molecule has 0 aliphatic carbocycles. The second-order valence-corrected chi connectivity index (χ2v) is 2.99. The number of aromatic carboxylic acids is 1. The van der Waals surface area contributed by atoms with Crippen molar-refractivity contribution < 1.29 is 14.7 Å². The fourth-order valence-corrected chi connectivity index (χ4v) is 1.24. The molecule has 2 rings (SSSR count). The van der Waals surface area contributed by atoms with Crippen molar-refractivity contribution in [3.8, 4) is 0 Å². The number of nitrogens with zero attached hydrogens (tertiary/aromatic N) is 2. The van der Waals surface area contributed by atoms with E-state index >= 15 is 0 Å². The van der Waals surface area contributed by atoms with Crippen LogP contribution in [0.25, 0.3) is 0 Å². The molecule has 0 spiro atoms. The third kappa shape index (κ3) is 1.83. The normalized spacial score (nSPS) is 18.9. The van der Waals surface area contributed by atoms with Crippen molar-refractivity contribution in [2.24, 2.45) is 10.2 Å². The number of carbonyl (C=O) groups excluding carboxylic acids is 1. The summed E-state index contributed by atoms with van der Waals surface area (Å²) in [5.74, 6) is -0.987. The molecule has 15 heavy (non-hydrogen) atoms. The molecule has 2 amide bonds. The number of nitrogens with one attached hydrogen (secondary N) is 1. The summed E-state index contributed by atoms with van der Waals surface area (Å²) in [6.45, 7) is 0. The van der Waals surface area contributed by atoms with Crippen molar-refractivity contribution in [2.45, 2.75) is 6.17 Å². The summed E-state index contributed by atoms with van der Waals surface area (Å²) in [6, 6.07) is 5.62. The largest absolute Gasteiger partial charge is 0.478 e. The Morgan fingerprint density at radius 2 is 2.00 bits per heavy atom. The van der Waals surface area contributed by atoms with Crippen LogP contribution in [0.3, 0.4) is 0 Å². The Balaban J connectivity index is 2.21. The number of azo groups is 1. The van der Waals surface area contributed by atoms with Gasteiger partial charge < -0.3 is 10.4 Å². The molecular formula is C9H7N3O3. The molecule has 0 saturated heterocycles. The van der Waals surface area contributed by atoms with E-state index in [9.17, 15) is 9.59 Å². The van der Waals surface area contributed by atoms with Gasteiger partial charge in [0.2, 0.25) is 0 Å². The van der Waals surface area contributed by atoms with Crippen LogP contribution in [0.5, 0.6) is 0 Å². The highest BCUT2D eigenvalue weighted by molar-refractivity contribution is 5.87. The Bertz CT molecular complexity index is 438. The SMILES string of the molecule is O=C1N=NC(c2ccc(C(=O)O)cc2)N1. The number of benzene rings is 1. The molecule has 1 aliphatic rings. The number of rotatable bonds is 2. The van der Waals surface area contributed by atoms with Crippen LogP contribution in [0.1, 0.15) is 22.1 Å². The summed E-state index contributed by atoms with van der Waals surface area (Å²) in [5.41, 5.74) is 0.898. The smallest absolute Gasteiger partial charge is 0.361 e. The molecule has 2 N–H and O–H groups in total. The second kappa shape index (κ2) is 3.49. The van der Waals surface area contributed by atoms with Gasteiger partial charge >= 0.3 is 12.0 Å². The number of amides is 2. The third-order valence-corrected chi connectivity index (χ3v) is 2.00. The number of hydrogen-bond acceptors (Lipinski definition) is 3. The number of carboxylic acids is 1. The molecule has 1 unspecified atom stereocenters. The lowest BCUT2D eigenvalue weighted by atomic mass is 10.1. The van der Waals surface area contributed by atoms with Crippen molar-refractivity contribution >= 4 is 12.0 Å². The van der Waals surface area contributed by atoms with E-state index in [2.05, 4.69) is 15.5 Å². The molecule has 1 atom stereocenters. The van der Waals surface area contributed by atoms with Crippen LogP contribution in [-0.2, 0) is 0 Å². The molecule has 6 heteroatoms. The van der Waals surface area contributed by atoms with Crippen LogP contribution in [0.2, 0.25) is 0 Å². The van der Waals surface area contributed by atoms with Crippen molar-refractivity contribution in [1.29, 1.82) is 0 Å². The average molecular weight is 205 g/mol. The maximum Gasteiger partial charge on any atom is 0.361 e. The van der Waals surface area contributed by atoms with E-state index in [0.29, 0.717) is 5.56 Å². The predicted molar refractivity (Wildman–Crippen MR) is 49.5 cm³/mol. The standard InChI is InChI=1S/C9H7N3O3/c13-8(14)6-3-1-5(2-4-6)7-10-9(15)12-11-7/h1-4,7H,(H,10,15)(H,13,14). The molecule has 1 heterocycles. The van der Waals surface area contributed by atoms with Crippen LogP contribution in [0.15, 0.2) is 34.5 Å². The van der Waals surface area contributed by atoms with Gasteiger partial charge in [-0.05, 0) is 17.7 Å². The summed E-state index contributed by atoms with van der Waals surface area (Å²) >= 11 is 0. The van der Waals surface area contributed by atoms with Gasteiger partial charge in [-0.2, -0.15) is 5.11 Å². The first-order valence-electron chi connectivity index (χ1n) is 4.21. The van der Waals surface area contributed by atoms with Gasteiger partial charge in [0, 0.05) is 0 Å². The first-order chi connectivity index (χ1) is 7.16. The molecule has 1 aromatic rings. The Kier molecular flexibility index (Phi) is 2.17. The van der Waals surface area contributed by atoms with E-state index in [-0.39, 0.29) is 5.56 Å². The highest BCUT2D eigenvalue weighted by Crippen LogP contribution is 2.19. The van der Waals surface area contributed by atoms with Gasteiger partial charge in [0.15, 0.2) is 6.17 Å². The summed E-state index contributed by atoms with van der Waals surface area (Å²) < 4.78 is 0. The maximum atomic E-state index is 10.7. The highest BCUT2D eigenvalue weighted by Gasteiger charge is 2.19. The molecule has 0 fully saturated rings. The number of carboxylic acid groups (broad SMARTS) is 1. The summed E-state index contributed by atoms with van der Waals surface area (Å²) in [4.78, 5) is 21.3. The van der Waals surface area contributed by atoms with Crippen LogP contribution in [0.4, 0.5) is 4.79 Å². The number of hydrogen-bond donors (Lipinski definition) is 2. The Labute approximate surface area is 84.6 Å². The minimum Gasteiger partial charge on any atom is -0.478 e. The lowest BCUT2D eigenvalue weighted by Crippen LogP contribution is -2.18. The lowest BCUT2D eigenvalue weighted by molar-refractivity contribution is 0.0697. The fourth-order valence-electron chi connectivity index (χ4n) is 1.24. The lowest BCUT2D eigenvalue weighted by Gasteiger charge is -2.05. The third-order valence-electron chi connectivity index (χ3n) is 2.00. The van der Waals surface area contributed by atoms with Gasteiger partial charge in [-0.15, -0.1) is 0 Å². The fraction of sp³-hybridized carbons (Fsp3) is 0.111. The summed E-state index contributed by atoms with van der Waals surface area (Å²) in [6.07, 6.45) is -0.500. The zero-order chi connectivity index (χ0) is 10.8. The van der Waals surface area contributed by atoms with E-state index < -0.39 is 18.2 Å². The van der Waals surface area contributed by atoms with Crippen molar-refractivity contribution in [1.82, 2.24) is 5.32 Å². The Hall–Kier alpha value is -2.24. The van der Waals surface area contributed by atoms with E-state index in [1.165, 1.54) is 12.1 Å². The van der Waals surface area contributed by atoms with Crippen molar-refractivity contribution in [2.75, 3.05) is 0 Å². The first kappa shape index (κ1) is 9.32. The van der Waals surface area contributed by atoms with Crippen LogP contribution >= 0.6 is 0 Å². The molecule has 1 aliphatic heterocycles. The molecule has 1 aromatic carbocycles. The van der Waals surface area contributed by atoms with Gasteiger partial charge in [0.1, 0.15) is 0 Å². The molecule has 0 aromatic heterocycles. The van der Waals surface area contributed by atoms with Gasteiger partial charge in [0.25, 0.3) is 0 Å². The Morgan fingerprint density at radius 1 is 1.33 bits per heavy atom. The molecule has 0 bridgehead atoms.